The molecule has 0 fully saturated rings. The van der Waals surface area contributed by atoms with Crippen molar-refractivity contribution in [2.45, 2.75) is 19.9 Å². The molecule has 2 rings (SSSR count). The Labute approximate surface area is 110 Å². The maximum atomic E-state index is 11.1. The molecule has 6 nitrogen and oxygen atoms in total. The van der Waals surface area contributed by atoms with Crippen molar-refractivity contribution >= 4 is 5.97 Å². The van der Waals surface area contributed by atoms with Crippen molar-refractivity contribution in [3.05, 3.63) is 46.8 Å². The van der Waals surface area contributed by atoms with Gasteiger partial charge in [0.2, 0.25) is 0 Å². The molecule has 0 amide bonds. The number of carbonyl (C=O) groups is 1. The van der Waals surface area contributed by atoms with Crippen LogP contribution in [0.2, 0.25) is 0 Å². The summed E-state index contributed by atoms with van der Waals surface area (Å²) >= 11 is 0. The molecule has 0 saturated heterocycles. The van der Waals surface area contributed by atoms with Crippen LogP contribution in [0.4, 0.5) is 0 Å². The molecular weight excluding hydrogens is 244 g/mol. The molecule has 1 aromatic carbocycles. The highest BCUT2D eigenvalue weighted by Crippen LogP contribution is 2.12. The number of benzene rings is 1. The van der Waals surface area contributed by atoms with Gasteiger partial charge in [0.1, 0.15) is 0 Å². The van der Waals surface area contributed by atoms with Gasteiger partial charge in [-0.15, -0.1) is 5.10 Å². The molecule has 6 heteroatoms. The monoisotopic (exact) mass is 260 g/mol. The van der Waals surface area contributed by atoms with Crippen molar-refractivity contribution in [1.82, 2.24) is 15.0 Å². The fourth-order valence-corrected chi connectivity index (χ4v) is 1.96. The molecule has 0 unspecified atom stereocenters. The van der Waals surface area contributed by atoms with Gasteiger partial charge in [-0.25, -0.2) is 9.48 Å². The van der Waals surface area contributed by atoms with Crippen molar-refractivity contribution in [2.75, 3.05) is 6.54 Å². The van der Waals surface area contributed by atoms with Gasteiger partial charge in [-0.2, -0.15) is 0 Å². The summed E-state index contributed by atoms with van der Waals surface area (Å²) in [5, 5.41) is 16.7. The fraction of sp³-hybridized carbons (Fsp3) is 0.308. The minimum Gasteiger partial charge on any atom is -0.476 e. The molecule has 0 aliphatic heterocycles. The van der Waals surface area contributed by atoms with Gasteiger partial charge in [0.15, 0.2) is 5.69 Å². The lowest BCUT2D eigenvalue weighted by molar-refractivity contribution is 0.0689. The maximum Gasteiger partial charge on any atom is 0.358 e. The highest BCUT2D eigenvalue weighted by molar-refractivity contribution is 5.86. The Morgan fingerprint density at radius 1 is 1.42 bits per heavy atom. The zero-order valence-electron chi connectivity index (χ0n) is 10.7. The second kappa shape index (κ2) is 5.62. The maximum absolute atomic E-state index is 11.1. The van der Waals surface area contributed by atoms with E-state index in [4.69, 9.17) is 10.8 Å². The van der Waals surface area contributed by atoms with Crippen LogP contribution in [0, 0.1) is 6.92 Å². The third-order valence-electron chi connectivity index (χ3n) is 3.00. The molecule has 0 radical (unpaired) electrons. The van der Waals surface area contributed by atoms with Gasteiger partial charge < -0.3 is 10.8 Å². The van der Waals surface area contributed by atoms with Crippen molar-refractivity contribution in [3.8, 4) is 0 Å². The summed E-state index contributed by atoms with van der Waals surface area (Å²) in [4.78, 5) is 11.1. The number of carboxylic acid groups (broad SMARTS) is 1. The molecule has 1 aromatic heterocycles. The van der Waals surface area contributed by atoms with Crippen LogP contribution in [0.3, 0.4) is 0 Å². The number of hydrogen-bond acceptors (Lipinski definition) is 4. The first-order valence-corrected chi connectivity index (χ1v) is 6.03. The van der Waals surface area contributed by atoms with E-state index in [1.807, 2.05) is 31.2 Å². The minimum atomic E-state index is -1.07. The molecule has 3 N–H and O–H groups in total. The zero-order valence-corrected chi connectivity index (χ0v) is 10.7. The van der Waals surface area contributed by atoms with Gasteiger partial charge in [0, 0.05) is 6.42 Å². The SMILES string of the molecule is Cc1ccccc1Cn1nnc(C(=O)O)c1CCN. The molecule has 0 spiro atoms. The van der Waals surface area contributed by atoms with Crippen LogP contribution in [-0.2, 0) is 13.0 Å². The van der Waals surface area contributed by atoms with Crippen LogP contribution in [0.1, 0.15) is 27.3 Å². The Bertz CT molecular complexity index is 592. The summed E-state index contributed by atoms with van der Waals surface area (Å²) in [6.45, 7) is 2.87. The van der Waals surface area contributed by atoms with E-state index in [1.54, 1.807) is 4.68 Å². The molecule has 0 bridgehead atoms. The average molecular weight is 260 g/mol. The van der Waals surface area contributed by atoms with E-state index in [9.17, 15) is 4.79 Å². The second-order valence-electron chi connectivity index (χ2n) is 4.31. The van der Waals surface area contributed by atoms with Crippen LogP contribution in [0.5, 0.6) is 0 Å². The first-order chi connectivity index (χ1) is 9.13. The van der Waals surface area contributed by atoms with Crippen LogP contribution >= 0.6 is 0 Å². The molecule has 1 heterocycles. The van der Waals surface area contributed by atoms with E-state index in [0.29, 0.717) is 25.2 Å². The molecule has 0 aliphatic rings. The molecule has 2 aromatic rings. The predicted octanol–water partition coefficient (Wildman–Crippen LogP) is 0.834. The van der Waals surface area contributed by atoms with Crippen molar-refractivity contribution < 1.29 is 9.90 Å². The number of hydrogen-bond donors (Lipinski definition) is 2. The Balaban J connectivity index is 2.35. The second-order valence-corrected chi connectivity index (χ2v) is 4.31. The lowest BCUT2D eigenvalue weighted by Gasteiger charge is -2.08. The van der Waals surface area contributed by atoms with Gasteiger partial charge in [-0.05, 0) is 24.6 Å². The molecule has 0 aliphatic carbocycles. The smallest absolute Gasteiger partial charge is 0.358 e. The van der Waals surface area contributed by atoms with Gasteiger partial charge in [-0.1, -0.05) is 29.5 Å². The summed E-state index contributed by atoms with van der Waals surface area (Å²) in [6, 6.07) is 7.90. The van der Waals surface area contributed by atoms with Crippen molar-refractivity contribution in [1.29, 1.82) is 0 Å². The lowest BCUT2D eigenvalue weighted by Crippen LogP contribution is -2.14. The number of nitrogens with zero attached hydrogens (tertiary/aromatic N) is 3. The molecule has 0 saturated carbocycles. The van der Waals surface area contributed by atoms with Gasteiger partial charge in [0.05, 0.1) is 12.2 Å². The zero-order chi connectivity index (χ0) is 13.8. The van der Waals surface area contributed by atoms with Crippen LogP contribution in [0.15, 0.2) is 24.3 Å². The number of aromatic nitrogens is 3. The van der Waals surface area contributed by atoms with E-state index >= 15 is 0 Å². The summed E-state index contributed by atoms with van der Waals surface area (Å²) < 4.78 is 1.61. The topological polar surface area (TPSA) is 94.0 Å². The van der Waals surface area contributed by atoms with Crippen LogP contribution in [0.25, 0.3) is 0 Å². The quantitative estimate of drug-likeness (QED) is 0.830. The van der Waals surface area contributed by atoms with Crippen molar-refractivity contribution in [3.63, 3.8) is 0 Å². The molecule has 19 heavy (non-hydrogen) atoms. The Hall–Kier alpha value is -2.21. The highest BCUT2D eigenvalue weighted by Gasteiger charge is 2.18. The van der Waals surface area contributed by atoms with E-state index in [-0.39, 0.29) is 5.69 Å². The van der Waals surface area contributed by atoms with Crippen LogP contribution < -0.4 is 5.73 Å². The Morgan fingerprint density at radius 3 is 2.79 bits per heavy atom. The summed E-state index contributed by atoms with van der Waals surface area (Å²) in [5.74, 6) is -1.07. The lowest BCUT2D eigenvalue weighted by atomic mass is 10.1. The van der Waals surface area contributed by atoms with Gasteiger partial charge in [0.25, 0.3) is 0 Å². The van der Waals surface area contributed by atoms with E-state index in [0.717, 1.165) is 11.1 Å². The number of aryl methyl sites for hydroxylation is 1. The van der Waals surface area contributed by atoms with E-state index < -0.39 is 5.97 Å². The summed E-state index contributed by atoms with van der Waals surface area (Å²) in [7, 11) is 0. The number of carboxylic acids is 1. The highest BCUT2D eigenvalue weighted by atomic mass is 16.4. The minimum absolute atomic E-state index is 0.0148. The third kappa shape index (κ3) is 2.79. The number of nitrogens with two attached hydrogens (primary N) is 1. The van der Waals surface area contributed by atoms with Crippen molar-refractivity contribution in [2.24, 2.45) is 5.73 Å². The van der Waals surface area contributed by atoms with Crippen LogP contribution in [-0.4, -0.2) is 32.6 Å². The summed E-state index contributed by atoms with van der Waals surface area (Å²) in [6.07, 6.45) is 0.445. The third-order valence-corrected chi connectivity index (χ3v) is 3.00. The summed E-state index contributed by atoms with van der Waals surface area (Å²) in [5.41, 5.74) is 8.29. The normalized spacial score (nSPS) is 10.6. The predicted molar refractivity (Wildman–Crippen MR) is 70.0 cm³/mol. The number of aromatic carboxylic acids is 1. The Kier molecular flexibility index (Phi) is 3.91. The first-order valence-electron chi connectivity index (χ1n) is 6.03. The average Bonchev–Trinajstić information content (AvgIpc) is 2.76. The first kappa shape index (κ1) is 13.2. The van der Waals surface area contributed by atoms with Gasteiger partial charge in [-0.3, -0.25) is 0 Å². The number of rotatable bonds is 5. The largest absolute Gasteiger partial charge is 0.476 e. The standard InChI is InChI=1S/C13H16N4O2/c1-9-4-2-3-5-10(9)8-17-11(6-7-14)12(13(18)19)15-16-17/h2-5H,6-8,14H2,1H3,(H,18,19). The molecule has 100 valence electrons. The van der Waals surface area contributed by atoms with E-state index in [2.05, 4.69) is 10.3 Å². The molecule has 0 atom stereocenters. The van der Waals surface area contributed by atoms with E-state index in [1.165, 1.54) is 0 Å². The fourth-order valence-electron chi connectivity index (χ4n) is 1.96. The Morgan fingerprint density at radius 2 is 2.16 bits per heavy atom. The molecular formula is C13H16N4O2. The van der Waals surface area contributed by atoms with Gasteiger partial charge >= 0.3 is 5.97 Å².